The van der Waals surface area contributed by atoms with Crippen molar-refractivity contribution < 1.29 is 14.6 Å². The molecule has 5 heteroatoms. The van der Waals surface area contributed by atoms with Crippen molar-refractivity contribution in [2.45, 2.75) is 58.1 Å². The second kappa shape index (κ2) is 6.02. The molecule has 5 nitrogen and oxygen atoms in total. The van der Waals surface area contributed by atoms with Gasteiger partial charge in [0.1, 0.15) is 5.82 Å². The molecule has 2 atom stereocenters. The number of pyridine rings is 1. The minimum atomic E-state index is -0.935. The SMILES string of the molecule is CC(Nc1cc(C(=O)O)cc(C(C)(C)C)n1)C1CCCO1. The van der Waals surface area contributed by atoms with Gasteiger partial charge >= 0.3 is 5.97 Å². The second-order valence-electron chi connectivity index (χ2n) is 6.67. The smallest absolute Gasteiger partial charge is 0.335 e. The first-order valence-corrected chi connectivity index (χ1v) is 7.41. The van der Waals surface area contributed by atoms with Gasteiger partial charge in [-0.3, -0.25) is 0 Å². The first kappa shape index (κ1) is 15.8. The number of anilines is 1. The van der Waals surface area contributed by atoms with E-state index in [2.05, 4.69) is 10.3 Å². The Morgan fingerprint density at radius 2 is 2.19 bits per heavy atom. The van der Waals surface area contributed by atoms with Crippen molar-refractivity contribution in [3.8, 4) is 0 Å². The Labute approximate surface area is 125 Å². The molecule has 0 bridgehead atoms. The van der Waals surface area contributed by atoms with E-state index in [9.17, 15) is 9.90 Å². The minimum absolute atomic E-state index is 0.108. The zero-order valence-electron chi connectivity index (χ0n) is 13.1. The zero-order valence-corrected chi connectivity index (χ0v) is 13.1. The summed E-state index contributed by atoms with van der Waals surface area (Å²) in [6.45, 7) is 8.91. The van der Waals surface area contributed by atoms with Gasteiger partial charge in [0.15, 0.2) is 0 Å². The molecule has 2 N–H and O–H groups in total. The summed E-state index contributed by atoms with van der Waals surface area (Å²) >= 11 is 0. The third-order valence-electron chi connectivity index (χ3n) is 3.74. The van der Waals surface area contributed by atoms with E-state index in [-0.39, 0.29) is 23.1 Å². The second-order valence-corrected chi connectivity index (χ2v) is 6.67. The van der Waals surface area contributed by atoms with Crippen LogP contribution in [0, 0.1) is 0 Å². The first-order chi connectivity index (χ1) is 9.77. The molecule has 0 amide bonds. The summed E-state index contributed by atoms with van der Waals surface area (Å²) in [5.74, 6) is -0.335. The molecular formula is C16H24N2O3. The van der Waals surface area contributed by atoms with Gasteiger partial charge < -0.3 is 15.2 Å². The van der Waals surface area contributed by atoms with Gasteiger partial charge in [0.25, 0.3) is 0 Å². The van der Waals surface area contributed by atoms with E-state index in [4.69, 9.17) is 4.74 Å². The molecule has 1 aliphatic heterocycles. The van der Waals surface area contributed by atoms with Crippen molar-refractivity contribution in [2.24, 2.45) is 0 Å². The lowest BCUT2D eigenvalue weighted by Crippen LogP contribution is -2.31. The van der Waals surface area contributed by atoms with Gasteiger partial charge in [-0.25, -0.2) is 9.78 Å². The maximum absolute atomic E-state index is 11.3. The summed E-state index contributed by atoms with van der Waals surface area (Å²) in [6.07, 6.45) is 2.27. The standard InChI is InChI=1S/C16H24N2O3/c1-10(12-6-5-7-21-12)17-14-9-11(15(19)20)8-13(18-14)16(2,3)4/h8-10,12H,5-7H2,1-4H3,(H,17,18)(H,19,20). The highest BCUT2D eigenvalue weighted by Gasteiger charge is 2.24. The topological polar surface area (TPSA) is 71.5 Å². The van der Waals surface area contributed by atoms with Gasteiger partial charge in [-0.05, 0) is 31.9 Å². The summed E-state index contributed by atoms with van der Waals surface area (Å²) < 4.78 is 5.66. The van der Waals surface area contributed by atoms with Crippen LogP contribution in [0.3, 0.4) is 0 Å². The summed E-state index contributed by atoms with van der Waals surface area (Å²) in [6, 6.07) is 3.34. The predicted octanol–water partition coefficient (Wildman–Crippen LogP) is 3.06. The van der Waals surface area contributed by atoms with Crippen LogP contribution in [0.15, 0.2) is 12.1 Å². The average Bonchev–Trinajstić information content (AvgIpc) is 2.91. The Bertz CT molecular complexity index is 517. The van der Waals surface area contributed by atoms with Crippen LogP contribution in [-0.4, -0.2) is 34.8 Å². The molecule has 0 spiro atoms. The van der Waals surface area contributed by atoms with Crippen LogP contribution in [0.25, 0.3) is 0 Å². The molecule has 0 radical (unpaired) electrons. The number of carboxylic acids is 1. The zero-order chi connectivity index (χ0) is 15.6. The fourth-order valence-corrected chi connectivity index (χ4v) is 2.44. The van der Waals surface area contributed by atoms with Gasteiger partial charge in [-0.1, -0.05) is 20.8 Å². The molecule has 1 aliphatic rings. The quantitative estimate of drug-likeness (QED) is 0.892. The lowest BCUT2D eigenvalue weighted by atomic mass is 9.90. The number of nitrogens with one attached hydrogen (secondary N) is 1. The van der Waals surface area contributed by atoms with Gasteiger partial charge in [-0.15, -0.1) is 0 Å². The maximum Gasteiger partial charge on any atom is 0.335 e. The molecule has 1 saturated heterocycles. The highest BCUT2D eigenvalue weighted by molar-refractivity contribution is 5.88. The van der Waals surface area contributed by atoms with Crippen LogP contribution in [-0.2, 0) is 10.2 Å². The van der Waals surface area contributed by atoms with Crippen molar-refractivity contribution in [3.05, 3.63) is 23.4 Å². The van der Waals surface area contributed by atoms with Crippen molar-refractivity contribution >= 4 is 11.8 Å². The molecule has 2 unspecified atom stereocenters. The number of hydrogen-bond acceptors (Lipinski definition) is 4. The van der Waals surface area contributed by atoms with E-state index in [0.29, 0.717) is 5.82 Å². The highest BCUT2D eigenvalue weighted by atomic mass is 16.5. The van der Waals surface area contributed by atoms with Crippen molar-refractivity contribution in [1.29, 1.82) is 0 Å². The third kappa shape index (κ3) is 3.94. The van der Waals surface area contributed by atoms with Gasteiger partial charge in [0.2, 0.25) is 0 Å². The van der Waals surface area contributed by atoms with E-state index in [0.717, 1.165) is 25.1 Å². The molecule has 116 valence electrons. The van der Waals surface area contributed by atoms with Gasteiger partial charge in [0.05, 0.1) is 17.7 Å². The van der Waals surface area contributed by atoms with Crippen LogP contribution in [0.5, 0.6) is 0 Å². The summed E-state index contributed by atoms with van der Waals surface area (Å²) in [7, 11) is 0. The number of hydrogen-bond donors (Lipinski definition) is 2. The van der Waals surface area contributed by atoms with Crippen molar-refractivity contribution in [3.63, 3.8) is 0 Å². The molecule has 2 rings (SSSR count). The van der Waals surface area contributed by atoms with E-state index < -0.39 is 5.97 Å². The predicted molar refractivity (Wildman–Crippen MR) is 82.0 cm³/mol. The lowest BCUT2D eigenvalue weighted by Gasteiger charge is -2.23. The maximum atomic E-state index is 11.3. The number of rotatable bonds is 4. The van der Waals surface area contributed by atoms with Gasteiger partial charge in [-0.2, -0.15) is 0 Å². The minimum Gasteiger partial charge on any atom is -0.478 e. The number of aromatic nitrogens is 1. The number of carbonyl (C=O) groups is 1. The van der Waals surface area contributed by atoms with Crippen LogP contribution in [0.2, 0.25) is 0 Å². The Kier molecular flexibility index (Phi) is 4.52. The van der Waals surface area contributed by atoms with E-state index in [1.165, 1.54) is 0 Å². The largest absolute Gasteiger partial charge is 0.478 e. The van der Waals surface area contributed by atoms with Crippen LogP contribution in [0.4, 0.5) is 5.82 Å². The lowest BCUT2D eigenvalue weighted by molar-refractivity contribution is 0.0696. The average molecular weight is 292 g/mol. The molecule has 0 saturated carbocycles. The van der Waals surface area contributed by atoms with E-state index in [1.54, 1.807) is 12.1 Å². The van der Waals surface area contributed by atoms with Crippen molar-refractivity contribution in [1.82, 2.24) is 4.98 Å². The Hall–Kier alpha value is -1.62. The molecule has 1 aromatic heterocycles. The van der Waals surface area contributed by atoms with Gasteiger partial charge in [0, 0.05) is 17.7 Å². The fraction of sp³-hybridized carbons (Fsp3) is 0.625. The highest BCUT2D eigenvalue weighted by Crippen LogP contribution is 2.25. The number of aromatic carboxylic acids is 1. The molecular weight excluding hydrogens is 268 g/mol. The Morgan fingerprint density at radius 1 is 1.48 bits per heavy atom. The fourth-order valence-electron chi connectivity index (χ4n) is 2.44. The number of ether oxygens (including phenoxy) is 1. The normalized spacial score (nSPS) is 20.3. The molecule has 21 heavy (non-hydrogen) atoms. The Balaban J connectivity index is 2.25. The van der Waals surface area contributed by atoms with Crippen LogP contribution < -0.4 is 5.32 Å². The summed E-state index contributed by atoms with van der Waals surface area (Å²) in [5.41, 5.74) is 0.830. The molecule has 1 fully saturated rings. The monoisotopic (exact) mass is 292 g/mol. The summed E-state index contributed by atoms with van der Waals surface area (Å²) in [5, 5.41) is 12.6. The molecule has 0 aliphatic carbocycles. The molecule has 2 heterocycles. The molecule has 1 aromatic rings. The van der Waals surface area contributed by atoms with Crippen molar-refractivity contribution in [2.75, 3.05) is 11.9 Å². The molecule has 0 aromatic carbocycles. The van der Waals surface area contributed by atoms with Crippen LogP contribution in [0.1, 0.15) is 56.6 Å². The third-order valence-corrected chi connectivity index (χ3v) is 3.74. The van der Waals surface area contributed by atoms with E-state index >= 15 is 0 Å². The number of nitrogens with zero attached hydrogens (tertiary/aromatic N) is 1. The van der Waals surface area contributed by atoms with E-state index in [1.807, 2.05) is 27.7 Å². The Morgan fingerprint density at radius 3 is 2.71 bits per heavy atom. The summed E-state index contributed by atoms with van der Waals surface area (Å²) in [4.78, 5) is 15.9. The van der Waals surface area contributed by atoms with Crippen LogP contribution >= 0.6 is 0 Å². The first-order valence-electron chi connectivity index (χ1n) is 7.41. The number of carboxylic acid groups (broad SMARTS) is 1.